The molecule has 0 aliphatic heterocycles. The number of nitrogens with one attached hydrogen (secondary N) is 1. The van der Waals surface area contributed by atoms with Crippen molar-refractivity contribution < 1.29 is 4.74 Å². The van der Waals surface area contributed by atoms with E-state index < -0.39 is 0 Å². The Morgan fingerprint density at radius 1 is 1.50 bits per heavy atom. The number of nitrogens with zero attached hydrogens (tertiary/aromatic N) is 1. The summed E-state index contributed by atoms with van der Waals surface area (Å²) in [5, 5.41) is 11.9. The molecule has 0 bridgehead atoms. The number of rotatable bonds is 7. The van der Waals surface area contributed by atoms with Crippen molar-refractivity contribution in [1.82, 2.24) is 5.32 Å². The van der Waals surface area contributed by atoms with Gasteiger partial charge in [-0.3, -0.25) is 0 Å². The van der Waals surface area contributed by atoms with E-state index in [1.54, 1.807) is 7.11 Å². The van der Waals surface area contributed by atoms with Gasteiger partial charge in [0.2, 0.25) is 0 Å². The van der Waals surface area contributed by atoms with Crippen LogP contribution in [0.4, 0.5) is 0 Å². The Labute approximate surface area is 87.4 Å². The van der Waals surface area contributed by atoms with Gasteiger partial charge in [0.15, 0.2) is 0 Å². The molecule has 0 aromatic heterocycles. The molecule has 1 unspecified atom stereocenters. The van der Waals surface area contributed by atoms with E-state index in [4.69, 9.17) is 10.00 Å². The minimum Gasteiger partial charge on any atom is -0.379 e. The van der Waals surface area contributed by atoms with E-state index in [0.29, 0.717) is 12.5 Å². The van der Waals surface area contributed by atoms with Gasteiger partial charge in [-0.2, -0.15) is 5.26 Å². The monoisotopic (exact) mass is 198 g/mol. The minimum absolute atomic E-state index is 0.0715. The van der Waals surface area contributed by atoms with Crippen LogP contribution in [-0.4, -0.2) is 25.3 Å². The Balaban J connectivity index is 3.66. The molecule has 14 heavy (non-hydrogen) atoms. The number of hydrogen-bond acceptors (Lipinski definition) is 3. The Bertz CT molecular complexity index is 184. The third kappa shape index (κ3) is 5.95. The molecule has 0 saturated heterocycles. The normalized spacial score (nSPS) is 13.6. The highest BCUT2D eigenvalue weighted by Crippen LogP contribution is 2.11. The van der Waals surface area contributed by atoms with Crippen LogP contribution in [0.1, 0.15) is 40.0 Å². The van der Waals surface area contributed by atoms with Crippen molar-refractivity contribution in [2.24, 2.45) is 0 Å². The summed E-state index contributed by atoms with van der Waals surface area (Å²) in [6, 6.07) is 2.51. The van der Waals surface area contributed by atoms with Crippen LogP contribution >= 0.6 is 0 Å². The molecule has 0 radical (unpaired) electrons. The lowest BCUT2D eigenvalue weighted by atomic mass is 10.0. The van der Waals surface area contributed by atoms with Gasteiger partial charge in [0.05, 0.1) is 18.1 Å². The fourth-order valence-electron chi connectivity index (χ4n) is 1.15. The number of hydrogen-bond donors (Lipinski definition) is 1. The summed E-state index contributed by atoms with van der Waals surface area (Å²) in [6.45, 7) is 7.14. The summed E-state index contributed by atoms with van der Waals surface area (Å²) in [6.07, 6.45) is 2.55. The molecule has 0 amide bonds. The van der Waals surface area contributed by atoms with Crippen LogP contribution < -0.4 is 5.32 Å². The first kappa shape index (κ1) is 13.4. The average molecular weight is 198 g/mol. The van der Waals surface area contributed by atoms with Crippen LogP contribution in [0.2, 0.25) is 0 Å². The molecular weight excluding hydrogens is 176 g/mol. The maximum atomic E-state index is 8.56. The predicted molar refractivity (Wildman–Crippen MR) is 58.0 cm³/mol. The Morgan fingerprint density at radius 2 is 2.14 bits per heavy atom. The van der Waals surface area contributed by atoms with Gasteiger partial charge in [0.25, 0.3) is 0 Å². The highest BCUT2D eigenvalue weighted by molar-refractivity contribution is 4.80. The van der Waals surface area contributed by atoms with E-state index in [-0.39, 0.29) is 5.60 Å². The van der Waals surface area contributed by atoms with Crippen LogP contribution in [0, 0.1) is 11.3 Å². The Morgan fingerprint density at radius 3 is 2.57 bits per heavy atom. The lowest BCUT2D eigenvalue weighted by Crippen LogP contribution is -2.34. The molecule has 0 aromatic carbocycles. The van der Waals surface area contributed by atoms with Gasteiger partial charge >= 0.3 is 0 Å². The van der Waals surface area contributed by atoms with Crippen LogP contribution in [0.25, 0.3) is 0 Å². The van der Waals surface area contributed by atoms with Crippen molar-refractivity contribution in [2.45, 2.75) is 51.7 Å². The number of nitriles is 1. The van der Waals surface area contributed by atoms with Crippen molar-refractivity contribution >= 4 is 0 Å². The van der Waals surface area contributed by atoms with Crippen molar-refractivity contribution in [3.05, 3.63) is 0 Å². The van der Waals surface area contributed by atoms with E-state index >= 15 is 0 Å². The van der Waals surface area contributed by atoms with Crippen LogP contribution in [0.5, 0.6) is 0 Å². The predicted octanol–water partition coefficient (Wildman–Crippen LogP) is 2.08. The topological polar surface area (TPSA) is 45.0 Å². The molecule has 1 N–H and O–H groups in total. The lowest BCUT2D eigenvalue weighted by molar-refractivity contribution is 0.0153. The molecule has 3 heteroatoms. The third-order valence-electron chi connectivity index (χ3n) is 2.54. The summed E-state index contributed by atoms with van der Waals surface area (Å²) in [4.78, 5) is 0. The molecule has 3 nitrogen and oxygen atoms in total. The van der Waals surface area contributed by atoms with Gasteiger partial charge in [-0.1, -0.05) is 6.92 Å². The first-order valence-electron chi connectivity index (χ1n) is 5.21. The second kappa shape index (κ2) is 6.80. The van der Waals surface area contributed by atoms with Crippen molar-refractivity contribution in [2.75, 3.05) is 13.7 Å². The van der Waals surface area contributed by atoms with Crippen LogP contribution in [0.15, 0.2) is 0 Å². The van der Waals surface area contributed by atoms with Crippen molar-refractivity contribution in [3.8, 4) is 6.07 Å². The zero-order valence-corrected chi connectivity index (χ0v) is 9.76. The molecule has 82 valence electrons. The van der Waals surface area contributed by atoms with Gasteiger partial charge in [-0.05, 0) is 33.2 Å². The third-order valence-corrected chi connectivity index (χ3v) is 2.54. The van der Waals surface area contributed by atoms with E-state index in [1.165, 1.54) is 0 Å². The van der Waals surface area contributed by atoms with E-state index in [2.05, 4.69) is 32.2 Å². The zero-order valence-electron chi connectivity index (χ0n) is 9.76. The fraction of sp³-hybridized carbons (Fsp3) is 0.909. The smallest absolute Gasteiger partial charge is 0.0638 e. The summed E-state index contributed by atoms with van der Waals surface area (Å²) in [5.41, 5.74) is -0.0715. The molecule has 0 aliphatic rings. The van der Waals surface area contributed by atoms with Gasteiger partial charge in [0, 0.05) is 13.2 Å². The summed E-state index contributed by atoms with van der Waals surface area (Å²) < 4.78 is 5.31. The molecule has 0 heterocycles. The highest BCUT2D eigenvalue weighted by Gasteiger charge is 2.16. The Hall–Kier alpha value is -0.590. The molecule has 0 fully saturated rings. The Kier molecular flexibility index (Phi) is 6.52. The first-order chi connectivity index (χ1) is 6.55. The maximum Gasteiger partial charge on any atom is 0.0638 e. The molecule has 0 rings (SSSR count). The summed E-state index contributed by atoms with van der Waals surface area (Å²) in [7, 11) is 1.73. The van der Waals surface area contributed by atoms with E-state index in [9.17, 15) is 0 Å². The second-order valence-electron chi connectivity index (χ2n) is 4.14. The average Bonchev–Trinajstić information content (AvgIpc) is 2.16. The largest absolute Gasteiger partial charge is 0.379 e. The fourth-order valence-corrected chi connectivity index (χ4v) is 1.15. The molecule has 0 spiro atoms. The molecule has 0 aliphatic carbocycles. The van der Waals surface area contributed by atoms with Gasteiger partial charge in [-0.25, -0.2) is 0 Å². The van der Waals surface area contributed by atoms with E-state index in [0.717, 1.165) is 19.4 Å². The lowest BCUT2D eigenvalue weighted by Gasteiger charge is -2.24. The van der Waals surface area contributed by atoms with Gasteiger partial charge < -0.3 is 10.1 Å². The summed E-state index contributed by atoms with van der Waals surface area (Å²) in [5.74, 6) is 0. The SMILES string of the molecule is CCC(CC#N)NCCC(C)(C)OC. The minimum atomic E-state index is -0.0715. The standard InChI is InChI=1S/C11H22N2O/c1-5-10(6-8-12)13-9-7-11(2,3)14-4/h10,13H,5-7,9H2,1-4H3. The first-order valence-corrected chi connectivity index (χ1v) is 5.21. The zero-order chi connectivity index (χ0) is 11.0. The maximum absolute atomic E-state index is 8.56. The summed E-state index contributed by atoms with van der Waals surface area (Å²) >= 11 is 0. The molecule has 1 atom stereocenters. The molecular formula is C11H22N2O. The van der Waals surface area contributed by atoms with Gasteiger partial charge in [0.1, 0.15) is 0 Å². The number of methoxy groups -OCH3 is 1. The van der Waals surface area contributed by atoms with Gasteiger partial charge in [-0.15, -0.1) is 0 Å². The van der Waals surface area contributed by atoms with Crippen LogP contribution in [0.3, 0.4) is 0 Å². The second-order valence-corrected chi connectivity index (χ2v) is 4.14. The molecule has 0 aromatic rings. The van der Waals surface area contributed by atoms with Crippen molar-refractivity contribution in [3.63, 3.8) is 0 Å². The molecule has 0 saturated carbocycles. The highest BCUT2D eigenvalue weighted by atomic mass is 16.5. The van der Waals surface area contributed by atoms with E-state index in [1.807, 2.05) is 0 Å². The van der Waals surface area contributed by atoms with Crippen molar-refractivity contribution in [1.29, 1.82) is 5.26 Å². The van der Waals surface area contributed by atoms with Crippen LogP contribution in [-0.2, 0) is 4.74 Å². The number of ether oxygens (including phenoxy) is 1. The quantitative estimate of drug-likeness (QED) is 0.681.